The van der Waals surface area contributed by atoms with Crippen LogP contribution in [0.5, 0.6) is 0 Å². The van der Waals surface area contributed by atoms with Gasteiger partial charge in [0.05, 0.1) is 21.8 Å². The molecule has 3 N–H and O–H groups in total. The predicted molar refractivity (Wildman–Crippen MR) is 85.6 cm³/mol. The maximum atomic E-state index is 12.4. The van der Waals surface area contributed by atoms with Crippen molar-refractivity contribution in [2.24, 2.45) is 0 Å². The van der Waals surface area contributed by atoms with E-state index < -0.39 is 0 Å². The maximum Gasteiger partial charge on any atom is 0.259 e. The molecule has 1 aromatic heterocycles. The summed E-state index contributed by atoms with van der Waals surface area (Å²) < 4.78 is 0. The molecule has 2 aromatic carbocycles. The number of hydrogen-bond acceptors (Lipinski definition) is 3. The smallest absolute Gasteiger partial charge is 0.259 e. The lowest BCUT2D eigenvalue weighted by Gasteiger charge is -2.10. The summed E-state index contributed by atoms with van der Waals surface area (Å²) in [5, 5.41) is 4.08. The molecule has 4 nitrogen and oxygen atoms in total. The number of rotatable bonds is 2. The van der Waals surface area contributed by atoms with Gasteiger partial charge >= 0.3 is 0 Å². The standard InChI is InChI=1S/C16H12ClN3O/c17-11-6-2-7-12(18)14(11)16(21)20-13-8-1-4-10-5-3-9-19-15(10)13/h1-9H,18H2,(H,20,21). The number of fused-ring (bicyclic) bond motifs is 1. The largest absolute Gasteiger partial charge is 0.398 e. The van der Waals surface area contributed by atoms with E-state index in [1.807, 2.05) is 24.3 Å². The highest BCUT2D eigenvalue weighted by atomic mass is 35.5. The van der Waals surface area contributed by atoms with Gasteiger partial charge in [-0.05, 0) is 24.3 Å². The van der Waals surface area contributed by atoms with Gasteiger partial charge in [0.2, 0.25) is 0 Å². The van der Waals surface area contributed by atoms with E-state index in [1.54, 1.807) is 30.5 Å². The second-order valence-corrected chi connectivity index (χ2v) is 4.95. The Labute approximate surface area is 126 Å². The van der Waals surface area contributed by atoms with Crippen LogP contribution in [0.4, 0.5) is 11.4 Å². The Morgan fingerprint density at radius 2 is 1.86 bits per heavy atom. The Kier molecular flexibility index (Phi) is 3.46. The topological polar surface area (TPSA) is 68.0 Å². The number of carbonyl (C=O) groups excluding carboxylic acids is 1. The number of nitrogen functional groups attached to an aromatic ring is 1. The minimum atomic E-state index is -0.351. The third-order valence-corrected chi connectivity index (χ3v) is 3.47. The fraction of sp³-hybridized carbons (Fsp3) is 0. The van der Waals surface area contributed by atoms with Gasteiger partial charge in [-0.15, -0.1) is 0 Å². The molecule has 1 heterocycles. The summed E-state index contributed by atoms with van der Waals surface area (Å²) in [6.45, 7) is 0. The summed E-state index contributed by atoms with van der Waals surface area (Å²) in [6.07, 6.45) is 1.68. The van der Waals surface area contributed by atoms with Crippen LogP contribution in [0.3, 0.4) is 0 Å². The molecule has 1 amide bonds. The zero-order valence-electron chi connectivity index (χ0n) is 11.0. The number of nitrogens with one attached hydrogen (secondary N) is 1. The highest BCUT2D eigenvalue weighted by molar-refractivity contribution is 6.35. The molecule has 0 radical (unpaired) electrons. The van der Waals surface area contributed by atoms with Crippen molar-refractivity contribution >= 4 is 39.8 Å². The van der Waals surface area contributed by atoms with E-state index in [9.17, 15) is 4.79 Å². The highest BCUT2D eigenvalue weighted by Crippen LogP contribution is 2.25. The second kappa shape index (κ2) is 5.42. The lowest BCUT2D eigenvalue weighted by Crippen LogP contribution is -2.15. The molecule has 0 fully saturated rings. The van der Waals surface area contributed by atoms with Gasteiger partial charge in [0.1, 0.15) is 0 Å². The normalized spacial score (nSPS) is 10.5. The molecule has 0 spiro atoms. The lowest BCUT2D eigenvalue weighted by atomic mass is 10.1. The van der Waals surface area contributed by atoms with E-state index in [2.05, 4.69) is 10.3 Å². The van der Waals surface area contributed by atoms with E-state index in [4.69, 9.17) is 17.3 Å². The van der Waals surface area contributed by atoms with Gasteiger partial charge in [-0.2, -0.15) is 0 Å². The predicted octanol–water partition coefficient (Wildman–Crippen LogP) is 3.72. The van der Waals surface area contributed by atoms with Gasteiger partial charge in [0.25, 0.3) is 5.91 Å². The van der Waals surface area contributed by atoms with Crippen molar-refractivity contribution in [2.45, 2.75) is 0 Å². The van der Waals surface area contributed by atoms with Crippen molar-refractivity contribution < 1.29 is 4.79 Å². The van der Waals surface area contributed by atoms with Crippen LogP contribution in [0.2, 0.25) is 5.02 Å². The third-order valence-electron chi connectivity index (χ3n) is 3.15. The molecule has 0 aliphatic rings. The van der Waals surface area contributed by atoms with Crippen LogP contribution >= 0.6 is 11.6 Å². The quantitative estimate of drug-likeness (QED) is 0.708. The number of carbonyl (C=O) groups is 1. The zero-order chi connectivity index (χ0) is 14.8. The monoisotopic (exact) mass is 297 g/mol. The molecule has 0 atom stereocenters. The van der Waals surface area contributed by atoms with Crippen molar-refractivity contribution in [3.05, 3.63) is 65.3 Å². The zero-order valence-corrected chi connectivity index (χ0v) is 11.8. The maximum absolute atomic E-state index is 12.4. The molecule has 21 heavy (non-hydrogen) atoms. The molecule has 0 aliphatic carbocycles. The van der Waals surface area contributed by atoms with Crippen LogP contribution in [0.15, 0.2) is 54.7 Å². The lowest BCUT2D eigenvalue weighted by molar-refractivity contribution is 0.102. The first kappa shape index (κ1) is 13.4. The molecule has 0 saturated carbocycles. The summed E-state index contributed by atoms with van der Waals surface area (Å²) in [5.74, 6) is -0.351. The molecular formula is C16H12ClN3O. The Morgan fingerprint density at radius 3 is 2.67 bits per heavy atom. The molecular weight excluding hydrogens is 286 g/mol. The van der Waals surface area contributed by atoms with Gasteiger partial charge in [0.15, 0.2) is 0 Å². The SMILES string of the molecule is Nc1cccc(Cl)c1C(=O)Nc1cccc2cccnc12. The highest BCUT2D eigenvalue weighted by Gasteiger charge is 2.15. The Bertz CT molecular complexity index is 807. The van der Waals surface area contributed by atoms with Gasteiger partial charge in [0, 0.05) is 17.3 Å². The Balaban J connectivity index is 2.01. The molecule has 5 heteroatoms. The average molecular weight is 298 g/mol. The number of benzene rings is 2. The number of aromatic nitrogens is 1. The van der Waals surface area contributed by atoms with Crippen LogP contribution in [0.1, 0.15) is 10.4 Å². The van der Waals surface area contributed by atoms with E-state index in [-0.39, 0.29) is 11.5 Å². The fourth-order valence-electron chi connectivity index (χ4n) is 2.17. The minimum Gasteiger partial charge on any atom is -0.398 e. The summed E-state index contributed by atoms with van der Waals surface area (Å²) in [4.78, 5) is 16.7. The van der Waals surface area contributed by atoms with Gasteiger partial charge in [-0.3, -0.25) is 9.78 Å². The first-order valence-corrected chi connectivity index (χ1v) is 6.73. The van der Waals surface area contributed by atoms with Gasteiger partial charge in [-0.1, -0.05) is 35.9 Å². The Hall–Kier alpha value is -2.59. The fourth-order valence-corrected chi connectivity index (χ4v) is 2.44. The number of pyridine rings is 1. The molecule has 3 rings (SSSR count). The van der Waals surface area contributed by atoms with Crippen molar-refractivity contribution in [3.63, 3.8) is 0 Å². The van der Waals surface area contributed by atoms with E-state index in [0.717, 1.165) is 10.9 Å². The van der Waals surface area contributed by atoms with Crippen LogP contribution in [0.25, 0.3) is 10.9 Å². The van der Waals surface area contributed by atoms with Crippen molar-refractivity contribution in [2.75, 3.05) is 11.1 Å². The van der Waals surface area contributed by atoms with Crippen LogP contribution < -0.4 is 11.1 Å². The number of para-hydroxylation sites is 1. The summed E-state index contributed by atoms with van der Waals surface area (Å²) in [5.41, 5.74) is 7.78. The van der Waals surface area contributed by atoms with Crippen LogP contribution in [0, 0.1) is 0 Å². The summed E-state index contributed by atoms with van der Waals surface area (Å²) >= 11 is 6.05. The number of nitrogens with zero attached hydrogens (tertiary/aromatic N) is 1. The number of hydrogen-bond donors (Lipinski definition) is 2. The number of halogens is 1. The first-order chi connectivity index (χ1) is 10.2. The number of amides is 1. The Morgan fingerprint density at radius 1 is 1.10 bits per heavy atom. The van der Waals surface area contributed by atoms with Crippen molar-refractivity contribution in [1.82, 2.24) is 4.98 Å². The second-order valence-electron chi connectivity index (χ2n) is 4.54. The summed E-state index contributed by atoms with van der Waals surface area (Å²) in [6, 6.07) is 14.3. The van der Waals surface area contributed by atoms with Crippen LogP contribution in [-0.4, -0.2) is 10.9 Å². The van der Waals surface area contributed by atoms with Crippen molar-refractivity contribution in [3.8, 4) is 0 Å². The molecule has 104 valence electrons. The average Bonchev–Trinajstić information content (AvgIpc) is 2.47. The van der Waals surface area contributed by atoms with Gasteiger partial charge < -0.3 is 11.1 Å². The molecule has 0 bridgehead atoms. The first-order valence-electron chi connectivity index (χ1n) is 6.36. The number of nitrogens with two attached hydrogens (primary N) is 1. The van der Waals surface area contributed by atoms with Crippen LogP contribution in [-0.2, 0) is 0 Å². The number of anilines is 2. The molecule has 0 unspecified atom stereocenters. The minimum absolute atomic E-state index is 0.270. The molecule has 0 aliphatic heterocycles. The van der Waals surface area contributed by atoms with Crippen molar-refractivity contribution in [1.29, 1.82) is 0 Å². The molecule has 3 aromatic rings. The third kappa shape index (κ3) is 2.53. The van der Waals surface area contributed by atoms with E-state index in [0.29, 0.717) is 16.4 Å². The van der Waals surface area contributed by atoms with Gasteiger partial charge in [-0.25, -0.2) is 0 Å². The molecule has 0 saturated heterocycles. The summed E-state index contributed by atoms with van der Waals surface area (Å²) in [7, 11) is 0. The van der Waals surface area contributed by atoms with E-state index in [1.165, 1.54) is 0 Å². The van der Waals surface area contributed by atoms with E-state index >= 15 is 0 Å².